The molecule has 0 aliphatic rings. The summed E-state index contributed by atoms with van der Waals surface area (Å²) in [5.41, 5.74) is 6.92. The number of aryl methyl sites for hydroxylation is 1. The standard InChI is InChI=1S/C19H16F2N4O2S/c1-10-3-2-4-11(7-10)9-28-19-24-16(22)15(18(27)25-19)23-17(26)12-5-6-13(20)14(21)8-12/h2-8H,9H2,1H3,(H,23,26)(H3,22,24,25,27). The maximum absolute atomic E-state index is 13.3. The van der Waals surface area contributed by atoms with Crippen LogP contribution < -0.4 is 16.6 Å². The Morgan fingerprint density at radius 2 is 2.00 bits per heavy atom. The molecule has 9 heteroatoms. The molecule has 0 spiro atoms. The van der Waals surface area contributed by atoms with Crippen LogP contribution in [0.5, 0.6) is 0 Å². The van der Waals surface area contributed by atoms with E-state index in [1.807, 2.05) is 31.2 Å². The normalized spacial score (nSPS) is 10.7. The number of carbonyl (C=O) groups is 1. The molecular weight excluding hydrogens is 386 g/mol. The molecule has 0 atom stereocenters. The summed E-state index contributed by atoms with van der Waals surface area (Å²) in [6.07, 6.45) is 0. The van der Waals surface area contributed by atoms with Gasteiger partial charge in [-0.1, -0.05) is 41.6 Å². The lowest BCUT2D eigenvalue weighted by atomic mass is 10.2. The van der Waals surface area contributed by atoms with E-state index in [1.54, 1.807) is 0 Å². The van der Waals surface area contributed by atoms with Gasteiger partial charge in [0.05, 0.1) is 0 Å². The number of aromatic nitrogens is 2. The van der Waals surface area contributed by atoms with Crippen molar-refractivity contribution in [3.63, 3.8) is 0 Å². The molecule has 0 aliphatic heterocycles. The fourth-order valence-electron chi connectivity index (χ4n) is 2.44. The van der Waals surface area contributed by atoms with Gasteiger partial charge in [-0.2, -0.15) is 0 Å². The van der Waals surface area contributed by atoms with Crippen molar-refractivity contribution >= 4 is 29.2 Å². The first kappa shape index (κ1) is 19.6. The number of thioether (sulfide) groups is 1. The molecular formula is C19H16F2N4O2S. The number of amides is 1. The number of nitrogen functional groups attached to an aromatic ring is 1. The first-order valence-electron chi connectivity index (χ1n) is 8.18. The molecule has 0 saturated carbocycles. The number of benzene rings is 2. The third-order valence-electron chi connectivity index (χ3n) is 3.80. The van der Waals surface area contributed by atoms with E-state index in [4.69, 9.17) is 5.73 Å². The summed E-state index contributed by atoms with van der Waals surface area (Å²) in [6, 6.07) is 10.5. The van der Waals surface area contributed by atoms with Crippen LogP contribution in [0.15, 0.2) is 52.4 Å². The zero-order chi connectivity index (χ0) is 20.3. The van der Waals surface area contributed by atoms with E-state index >= 15 is 0 Å². The van der Waals surface area contributed by atoms with Crippen LogP contribution in [0.4, 0.5) is 20.3 Å². The fraction of sp³-hybridized carbons (Fsp3) is 0.105. The van der Waals surface area contributed by atoms with E-state index < -0.39 is 23.1 Å². The second-order valence-electron chi connectivity index (χ2n) is 5.99. The molecule has 28 heavy (non-hydrogen) atoms. The Balaban J connectivity index is 1.75. The van der Waals surface area contributed by atoms with E-state index in [9.17, 15) is 18.4 Å². The van der Waals surface area contributed by atoms with Gasteiger partial charge in [0.1, 0.15) is 5.69 Å². The molecule has 2 aromatic carbocycles. The highest BCUT2D eigenvalue weighted by Crippen LogP contribution is 2.22. The number of aromatic amines is 1. The molecule has 0 bridgehead atoms. The molecule has 0 aliphatic carbocycles. The Labute approximate surface area is 163 Å². The first-order chi connectivity index (χ1) is 13.3. The highest BCUT2D eigenvalue weighted by molar-refractivity contribution is 7.98. The topological polar surface area (TPSA) is 101 Å². The molecule has 0 unspecified atom stereocenters. The number of hydrogen-bond acceptors (Lipinski definition) is 5. The van der Waals surface area contributed by atoms with Gasteiger partial charge in [0.2, 0.25) is 0 Å². The van der Waals surface area contributed by atoms with Crippen LogP contribution in [0.3, 0.4) is 0 Å². The van der Waals surface area contributed by atoms with E-state index in [-0.39, 0.29) is 17.1 Å². The zero-order valence-electron chi connectivity index (χ0n) is 14.8. The van der Waals surface area contributed by atoms with Gasteiger partial charge >= 0.3 is 0 Å². The molecule has 1 aromatic heterocycles. The Hall–Kier alpha value is -3.20. The zero-order valence-corrected chi connectivity index (χ0v) is 15.6. The Bertz CT molecular complexity index is 1100. The second-order valence-corrected chi connectivity index (χ2v) is 6.96. The third kappa shape index (κ3) is 4.55. The van der Waals surface area contributed by atoms with Crippen LogP contribution in [0, 0.1) is 18.6 Å². The molecule has 4 N–H and O–H groups in total. The second kappa shape index (κ2) is 8.22. The SMILES string of the molecule is Cc1cccc(CSc2nc(N)c(NC(=O)c3ccc(F)c(F)c3)c(=O)[nH]2)c1. The Morgan fingerprint density at radius 1 is 1.21 bits per heavy atom. The Morgan fingerprint density at radius 3 is 2.68 bits per heavy atom. The monoisotopic (exact) mass is 402 g/mol. The summed E-state index contributed by atoms with van der Waals surface area (Å²) < 4.78 is 26.3. The van der Waals surface area contributed by atoms with Crippen LogP contribution >= 0.6 is 11.8 Å². The maximum Gasteiger partial charge on any atom is 0.277 e. The minimum absolute atomic E-state index is 0.157. The molecule has 0 radical (unpaired) electrons. The molecule has 0 saturated heterocycles. The summed E-state index contributed by atoms with van der Waals surface area (Å²) in [5, 5.41) is 2.58. The largest absolute Gasteiger partial charge is 0.382 e. The van der Waals surface area contributed by atoms with Crippen LogP contribution in [-0.2, 0) is 5.75 Å². The minimum Gasteiger partial charge on any atom is -0.382 e. The predicted molar refractivity (Wildman–Crippen MR) is 104 cm³/mol. The lowest BCUT2D eigenvalue weighted by Gasteiger charge is -2.09. The smallest absolute Gasteiger partial charge is 0.277 e. The molecule has 0 fully saturated rings. The van der Waals surface area contributed by atoms with Gasteiger partial charge in [-0.3, -0.25) is 14.6 Å². The number of halogens is 2. The lowest BCUT2D eigenvalue weighted by molar-refractivity contribution is 0.102. The highest BCUT2D eigenvalue weighted by atomic mass is 32.2. The average Bonchev–Trinajstić information content (AvgIpc) is 2.65. The minimum atomic E-state index is -1.17. The summed E-state index contributed by atoms with van der Waals surface area (Å²) in [6.45, 7) is 1.98. The van der Waals surface area contributed by atoms with Gasteiger partial charge < -0.3 is 11.1 Å². The number of anilines is 2. The fourth-order valence-corrected chi connectivity index (χ4v) is 3.25. The number of nitrogens with two attached hydrogens (primary N) is 1. The van der Waals surface area contributed by atoms with E-state index in [0.717, 1.165) is 29.3 Å². The predicted octanol–water partition coefficient (Wildman–Crippen LogP) is 3.48. The quantitative estimate of drug-likeness (QED) is 0.448. The maximum atomic E-state index is 13.3. The average molecular weight is 402 g/mol. The van der Waals surface area contributed by atoms with Crippen LogP contribution in [-0.4, -0.2) is 15.9 Å². The van der Waals surface area contributed by atoms with Crippen LogP contribution in [0.25, 0.3) is 0 Å². The van der Waals surface area contributed by atoms with Crippen molar-refractivity contribution in [1.82, 2.24) is 9.97 Å². The number of hydrogen-bond donors (Lipinski definition) is 3. The van der Waals surface area contributed by atoms with Gasteiger partial charge in [-0.05, 0) is 30.7 Å². The van der Waals surface area contributed by atoms with Gasteiger partial charge in [0, 0.05) is 11.3 Å². The van der Waals surface area contributed by atoms with Crippen molar-refractivity contribution in [2.75, 3.05) is 11.1 Å². The summed E-state index contributed by atoms with van der Waals surface area (Å²) in [4.78, 5) is 31.1. The summed E-state index contributed by atoms with van der Waals surface area (Å²) in [5.74, 6) is -2.66. The van der Waals surface area contributed by atoms with Crippen molar-refractivity contribution in [2.45, 2.75) is 17.8 Å². The lowest BCUT2D eigenvalue weighted by Crippen LogP contribution is -2.23. The molecule has 144 valence electrons. The summed E-state index contributed by atoms with van der Waals surface area (Å²) >= 11 is 1.29. The van der Waals surface area contributed by atoms with Gasteiger partial charge in [-0.25, -0.2) is 13.8 Å². The van der Waals surface area contributed by atoms with Crippen molar-refractivity contribution in [1.29, 1.82) is 0 Å². The third-order valence-corrected chi connectivity index (χ3v) is 4.75. The van der Waals surface area contributed by atoms with Crippen molar-refractivity contribution < 1.29 is 13.6 Å². The number of rotatable bonds is 5. The summed E-state index contributed by atoms with van der Waals surface area (Å²) in [7, 11) is 0. The van der Waals surface area contributed by atoms with E-state index in [2.05, 4.69) is 15.3 Å². The number of nitrogens with zero attached hydrogens (tertiary/aromatic N) is 1. The van der Waals surface area contributed by atoms with Crippen LogP contribution in [0.2, 0.25) is 0 Å². The highest BCUT2D eigenvalue weighted by Gasteiger charge is 2.15. The molecule has 1 amide bonds. The van der Waals surface area contributed by atoms with Gasteiger partial charge in [0.15, 0.2) is 22.6 Å². The number of nitrogens with one attached hydrogen (secondary N) is 2. The molecule has 6 nitrogen and oxygen atoms in total. The van der Waals surface area contributed by atoms with Crippen molar-refractivity contribution in [3.8, 4) is 0 Å². The number of H-pyrrole nitrogens is 1. The molecule has 3 rings (SSSR count). The van der Waals surface area contributed by atoms with E-state index in [0.29, 0.717) is 10.9 Å². The first-order valence-corrected chi connectivity index (χ1v) is 9.16. The molecule has 3 aromatic rings. The van der Waals surface area contributed by atoms with Crippen LogP contribution in [0.1, 0.15) is 21.5 Å². The Kier molecular flexibility index (Phi) is 5.74. The molecule has 1 heterocycles. The van der Waals surface area contributed by atoms with E-state index in [1.165, 1.54) is 11.8 Å². The van der Waals surface area contributed by atoms with Gasteiger partial charge in [-0.15, -0.1) is 0 Å². The van der Waals surface area contributed by atoms with Crippen molar-refractivity contribution in [2.24, 2.45) is 0 Å². The van der Waals surface area contributed by atoms with Crippen molar-refractivity contribution in [3.05, 3.63) is 81.1 Å². The van der Waals surface area contributed by atoms with Gasteiger partial charge in [0.25, 0.3) is 11.5 Å². The number of carbonyl (C=O) groups excluding carboxylic acids is 1.